The van der Waals surface area contributed by atoms with Gasteiger partial charge < -0.3 is 5.32 Å². The number of carbonyl (C=O) groups is 1. The number of amides is 1. The third-order valence-corrected chi connectivity index (χ3v) is 3.01. The molecule has 1 heterocycles. The van der Waals surface area contributed by atoms with Gasteiger partial charge in [-0.1, -0.05) is 0 Å². The zero-order chi connectivity index (χ0) is 14.9. The van der Waals surface area contributed by atoms with E-state index in [4.69, 9.17) is 5.26 Å². The Balaban J connectivity index is 2.43. The van der Waals surface area contributed by atoms with Crippen molar-refractivity contribution in [1.82, 2.24) is 14.5 Å². The van der Waals surface area contributed by atoms with Gasteiger partial charge in [0.05, 0.1) is 0 Å². The molecule has 0 aliphatic heterocycles. The molecule has 7 heteroatoms. The van der Waals surface area contributed by atoms with Crippen molar-refractivity contribution in [2.45, 2.75) is 45.3 Å². The molecule has 1 aliphatic carbocycles. The van der Waals surface area contributed by atoms with Crippen molar-refractivity contribution in [3.63, 3.8) is 0 Å². The topological polar surface area (TPSA) is 96.9 Å². The highest BCUT2D eigenvalue weighted by Gasteiger charge is 2.27. The Morgan fingerprint density at radius 1 is 1.50 bits per heavy atom. The van der Waals surface area contributed by atoms with Crippen molar-refractivity contribution in [1.29, 1.82) is 5.26 Å². The summed E-state index contributed by atoms with van der Waals surface area (Å²) in [6.45, 7) is 3.21. The molecule has 0 saturated heterocycles. The van der Waals surface area contributed by atoms with Gasteiger partial charge >= 0.3 is 5.69 Å². The second-order valence-electron chi connectivity index (χ2n) is 5.19. The normalized spacial score (nSPS) is 14.1. The summed E-state index contributed by atoms with van der Waals surface area (Å²) in [6, 6.07) is 1.73. The molecule has 1 aromatic rings. The van der Waals surface area contributed by atoms with E-state index in [1.165, 1.54) is 10.8 Å². The summed E-state index contributed by atoms with van der Waals surface area (Å²) in [6.07, 6.45) is 2.99. The summed E-state index contributed by atoms with van der Waals surface area (Å²) in [5, 5.41) is 11.6. The zero-order valence-electron chi connectivity index (χ0n) is 11.4. The minimum Gasteiger partial charge on any atom is -0.352 e. The van der Waals surface area contributed by atoms with Crippen molar-refractivity contribution in [2.75, 3.05) is 0 Å². The molecule has 2 rings (SSSR count). The van der Waals surface area contributed by atoms with E-state index in [-0.39, 0.29) is 24.2 Å². The fourth-order valence-corrected chi connectivity index (χ4v) is 1.96. The van der Waals surface area contributed by atoms with Crippen LogP contribution in [0.4, 0.5) is 0 Å². The Labute approximate surface area is 115 Å². The van der Waals surface area contributed by atoms with Gasteiger partial charge in [-0.15, -0.1) is 0 Å². The van der Waals surface area contributed by atoms with Gasteiger partial charge in [-0.25, -0.2) is 9.36 Å². The lowest BCUT2D eigenvalue weighted by molar-refractivity contribution is -0.122. The highest BCUT2D eigenvalue weighted by Crippen LogP contribution is 2.33. The van der Waals surface area contributed by atoms with E-state index in [1.807, 2.05) is 0 Å². The summed E-state index contributed by atoms with van der Waals surface area (Å²) in [7, 11) is 0. The average Bonchev–Trinajstić information content (AvgIpc) is 3.18. The SMILES string of the molecule is CC(C)NC(=O)Cn1c(=O)c(C#N)cn(C2CC2)c1=O. The third kappa shape index (κ3) is 2.79. The molecule has 1 N–H and O–H groups in total. The molecule has 1 aromatic heterocycles. The van der Waals surface area contributed by atoms with Crippen LogP contribution in [0.1, 0.15) is 38.3 Å². The maximum atomic E-state index is 12.2. The van der Waals surface area contributed by atoms with Crippen LogP contribution < -0.4 is 16.6 Å². The van der Waals surface area contributed by atoms with Crippen LogP contribution in [0, 0.1) is 11.3 Å². The molecule has 1 amide bonds. The lowest BCUT2D eigenvalue weighted by atomic mass is 10.3. The maximum Gasteiger partial charge on any atom is 0.331 e. The number of nitrogens with one attached hydrogen (secondary N) is 1. The largest absolute Gasteiger partial charge is 0.352 e. The molecule has 0 atom stereocenters. The lowest BCUT2D eigenvalue weighted by Gasteiger charge is -2.12. The van der Waals surface area contributed by atoms with Crippen LogP contribution in [0.3, 0.4) is 0 Å². The van der Waals surface area contributed by atoms with E-state index >= 15 is 0 Å². The van der Waals surface area contributed by atoms with E-state index in [2.05, 4.69) is 5.32 Å². The Bertz CT molecular complexity index is 689. The van der Waals surface area contributed by atoms with E-state index in [9.17, 15) is 14.4 Å². The van der Waals surface area contributed by atoms with E-state index in [1.54, 1.807) is 19.9 Å². The van der Waals surface area contributed by atoms with Crippen molar-refractivity contribution < 1.29 is 4.79 Å². The fourth-order valence-electron chi connectivity index (χ4n) is 1.96. The number of nitriles is 1. The molecule has 0 aromatic carbocycles. The summed E-state index contributed by atoms with van der Waals surface area (Å²) in [4.78, 5) is 35.9. The van der Waals surface area contributed by atoms with Gasteiger partial charge in [-0.3, -0.25) is 14.2 Å². The highest BCUT2D eigenvalue weighted by molar-refractivity contribution is 5.75. The second-order valence-corrected chi connectivity index (χ2v) is 5.19. The van der Waals surface area contributed by atoms with E-state index in [0.717, 1.165) is 17.4 Å². The molecule has 0 radical (unpaired) electrons. The highest BCUT2D eigenvalue weighted by atomic mass is 16.2. The summed E-state index contributed by atoms with van der Waals surface area (Å²) >= 11 is 0. The number of carbonyl (C=O) groups excluding carboxylic acids is 1. The zero-order valence-corrected chi connectivity index (χ0v) is 11.4. The lowest BCUT2D eigenvalue weighted by Crippen LogP contribution is -2.45. The van der Waals surface area contributed by atoms with Crippen LogP contribution >= 0.6 is 0 Å². The number of rotatable bonds is 4. The van der Waals surface area contributed by atoms with E-state index in [0.29, 0.717) is 0 Å². The fraction of sp³-hybridized carbons (Fsp3) is 0.538. The minimum atomic E-state index is -0.715. The summed E-state index contributed by atoms with van der Waals surface area (Å²) < 4.78 is 2.21. The standard InChI is InChI=1S/C13H16N4O3/c1-8(2)15-11(18)7-17-12(19)9(5-14)6-16(13(17)20)10-3-4-10/h6,8,10H,3-4,7H2,1-2H3,(H,15,18). The van der Waals surface area contributed by atoms with Gasteiger partial charge in [-0.05, 0) is 26.7 Å². The molecular weight excluding hydrogens is 260 g/mol. The van der Waals surface area contributed by atoms with Crippen LogP contribution in [-0.2, 0) is 11.3 Å². The first-order valence-corrected chi connectivity index (χ1v) is 6.49. The molecule has 1 fully saturated rings. The smallest absolute Gasteiger partial charge is 0.331 e. The Hall–Kier alpha value is -2.36. The molecule has 0 spiro atoms. The quantitative estimate of drug-likeness (QED) is 0.819. The summed E-state index contributed by atoms with van der Waals surface area (Å²) in [5.74, 6) is -0.420. The predicted molar refractivity (Wildman–Crippen MR) is 71.2 cm³/mol. The Morgan fingerprint density at radius 2 is 2.15 bits per heavy atom. The average molecular weight is 276 g/mol. The van der Waals surface area contributed by atoms with Gasteiger partial charge in [0.1, 0.15) is 18.2 Å². The van der Waals surface area contributed by atoms with Crippen molar-refractivity contribution in [2.24, 2.45) is 0 Å². The van der Waals surface area contributed by atoms with Crippen LogP contribution in [0.15, 0.2) is 15.8 Å². The second kappa shape index (κ2) is 5.33. The van der Waals surface area contributed by atoms with Gasteiger partial charge in [0.15, 0.2) is 0 Å². The molecule has 1 aliphatic rings. The molecule has 20 heavy (non-hydrogen) atoms. The molecule has 1 saturated carbocycles. The molecule has 0 bridgehead atoms. The van der Waals surface area contributed by atoms with Crippen molar-refractivity contribution >= 4 is 5.91 Å². The third-order valence-electron chi connectivity index (χ3n) is 3.01. The predicted octanol–water partition coefficient (Wildman–Crippen LogP) is -0.259. The first-order chi connectivity index (χ1) is 9.43. The van der Waals surface area contributed by atoms with Gasteiger partial charge in [0, 0.05) is 18.3 Å². The summed E-state index contributed by atoms with van der Waals surface area (Å²) in [5.41, 5.74) is -1.36. The Morgan fingerprint density at radius 3 is 2.65 bits per heavy atom. The molecule has 0 unspecified atom stereocenters. The van der Waals surface area contributed by atoms with Crippen LogP contribution in [-0.4, -0.2) is 21.1 Å². The van der Waals surface area contributed by atoms with Gasteiger partial charge in [-0.2, -0.15) is 5.26 Å². The van der Waals surface area contributed by atoms with Crippen molar-refractivity contribution in [3.8, 4) is 6.07 Å². The molecule has 7 nitrogen and oxygen atoms in total. The number of nitrogens with zero attached hydrogens (tertiary/aromatic N) is 3. The molecule has 106 valence electrons. The van der Waals surface area contributed by atoms with Crippen molar-refractivity contribution in [3.05, 3.63) is 32.6 Å². The van der Waals surface area contributed by atoms with E-state index < -0.39 is 17.2 Å². The maximum absolute atomic E-state index is 12.2. The number of aromatic nitrogens is 2. The van der Waals surface area contributed by atoms with Crippen LogP contribution in [0.2, 0.25) is 0 Å². The molecular formula is C13H16N4O3. The van der Waals surface area contributed by atoms with Gasteiger partial charge in [0.25, 0.3) is 5.56 Å². The number of hydrogen-bond acceptors (Lipinski definition) is 4. The first kappa shape index (κ1) is 14.1. The van der Waals surface area contributed by atoms with Gasteiger partial charge in [0.2, 0.25) is 5.91 Å². The first-order valence-electron chi connectivity index (χ1n) is 6.49. The monoisotopic (exact) mass is 276 g/mol. The van der Waals surface area contributed by atoms with Crippen LogP contribution in [0.25, 0.3) is 0 Å². The number of hydrogen-bond donors (Lipinski definition) is 1. The Kier molecular flexibility index (Phi) is 3.74. The van der Waals surface area contributed by atoms with Crippen LogP contribution in [0.5, 0.6) is 0 Å². The minimum absolute atomic E-state index is 0.0367.